The average Bonchev–Trinajstić information content (AvgIpc) is 2.84. The Hall–Kier alpha value is -2.31. The Morgan fingerprint density at radius 2 is 1.92 bits per heavy atom. The highest BCUT2D eigenvalue weighted by Gasteiger charge is 2.36. The molecule has 1 fully saturated rings. The van der Waals surface area contributed by atoms with E-state index in [-0.39, 0.29) is 18.9 Å². The van der Waals surface area contributed by atoms with Crippen LogP contribution in [-0.4, -0.2) is 62.1 Å². The summed E-state index contributed by atoms with van der Waals surface area (Å²) < 4.78 is 30.4. The molecule has 0 aromatic heterocycles. The first-order chi connectivity index (χ1) is 17.1. The van der Waals surface area contributed by atoms with Crippen LogP contribution in [0.25, 0.3) is 6.08 Å². The van der Waals surface area contributed by atoms with Gasteiger partial charge in [-0.1, -0.05) is 56.3 Å². The van der Waals surface area contributed by atoms with Crippen molar-refractivity contribution >= 4 is 27.9 Å². The van der Waals surface area contributed by atoms with E-state index in [1.54, 1.807) is 0 Å². The van der Waals surface area contributed by atoms with Crippen molar-refractivity contribution in [2.24, 2.45) is 17.8 Å². The van der Waals surface area contributed by atoms with Crippen LogP contribution >= 0.6 is 0 Å². The maximum Gasteiger partial charge on any atom is 0.247 e. The Kier molecular flexibility index (Phi) is 12.5. The van der Waals surface area contributed by atoms with E-state index in [4.69, 9.17) is 9.57 Å². The molecule has 1 unspecified atom stereocenters. The third-order valence-corrected chi connectivity index (χ3v) is 6.83. The minimum absolute atomic E-state index is 0.0428. The maximum atomic E-state index is 13.3. The van der Waals surface area contributed by atoms with Crippen molar-refractivity contribution in [3.8, 4) is 0 Å². The second kappa shape index (κ2) is 15.1. The van der Waals surface area contributed by atoms with Crippen molar-refractivity contribution in [3.63, 3.8) is 0 Å². The summed E-state index contributed by atoms with van der Waals surface area (Å²) in [6.07, 6.45) is 7.13. The molecule has 0 spiro atoms. The molecule has 0 aliphatic carbocycles. The Bertz CT molecular complexity index is 948. The summed E-state index contributed by atoms with van der Waals surface area (Å²) in [7, 11) is -3.82. The molecule has 1 aliphatic rings. The highest BCUT2D eigenvalue weighted by Crippen LogP contribution is 2.26. The first-order valence-corrected chi connectivity index (χ1v) is 14.1. The van der Waals surface area contributed by atoms with Crippen LogP contribution in [0, 0.1) is 17.8 Å². The Morgan fingerprint density at radius 3 is 2.50 bits per heavy atom. The zero-order valence-corrected chi connectivity index (χ0v) is 22.1. The van der Waals surface area contributed by atoms with Crippen LogP contribution in [0.2, 0.25) is 0 Å². The van der Waals surface area contributed by atoms with E-state index in [1.165, 1.54) is 0 Å². The van der Waals surface area contributed by atoms with Crippen LogP contribution < -0.4 is 10.9 Å². The fourth-order valence-electron chi connectivity index (χ4n) is 3.94. The van der Waals surface area contributed by atoms with Crippen LogP contribution in [0.4, 0.5) is 0 Å². The lowest BCUT2D eigenvalue weighted by Crippen LogP contribution is -2.51. The number of hydrazine groups is 1. The molecule has 0 radical (unpaired) electrons. The number of sulfonamides is 1. The monoisotopic (exact) mass is 525 g/mol. The van der Waals surface area contributed by atoms with Crippen LogP contribution in [0.3, 0.4) is 0 Å². The lowest BCUT2D eigenvalue weighted by molar-refractivity contribution is -0.203. The van der Waals surface area contributed by atoms with Crippen molar-refractivity contribution in [2.45, 2.75) is 52.2 Å². The van der Waals surface area contributed by atoms with Crippen molar-refractivity contribution in [1.29, 1.82) is 0 Å². The number of amides is 2. The molecule has 1 heterocycles. The van der Waals surface area contributed by atoms with E-state index in [0.29, 0.717) is 23.9 Å². The fraction of sp³-hybridized carbons (Fsp3) is 0.600. The van der Waals surface area contributed by atoms with Gasteiger partial charge in [0.25, 0.3) is 0 Å². The number of rotatable bonds is 14. The number of ether oxygens (including phenoxy) is 1. The molecule has 1 aromatic carbocycles. The summed E-state index contributed by atoms with van der Waals surface area (Å²) in [6, 6.07) is 9.55. The first-order valence-electron chi connectivity index (χ1n) is 12.3. The number of carbonyl (C=O) groups excluding carboxylic acids is 2. The minimum Gasteiger partial charge on any atom is -0.395 e. The van der Waals surface area contributed by atoms with Gasteiger partial charge >= 0.3 is 0 Å². The SMILES string of the molecule is CC(C)C[C@@H](C(=O)NN(CCO)S(C)(=O)=O)[C@H](C/C=C/c1ccccc1)C(=O)NOC1CCCCO1. The molecule has 10 nitrogen and oxygen atoms in total. The zero-order chi connectivity index (χ0) is 26.6. The number of aliphatic hydroxyl groups excluding tert-OH is 1. The topological polar surface area (TPSA) is 134 Å². The van der Waals surface area contributed by atoms with Crippen LogP contribution in [0.5, 0.6) is 0 Å². The van der Waals surface area contributed by atoms with Gasteiger partial charge in [0, 0.05) is 13.0 Å². The normalized spacial score (nSPS) is 18.3. The lowest BCUT2D eigenvalue weighted by atomic mass is 9.82. The summed E-state index contributed by atoms with van der Waals surface area (Å²) in [5, 5.41) is 9.25. The number of hydroxylamine groups is 1. The van der Waals surface area contributed by atoms with E-state index in [1.807, 2.05) is 56.3 Å². The molecule has 1 aliphatic heterocycles. The summed E-state index contributed by atoms with van der Waals surface area (Å²) in [6.45, 7) is 3.62. The molecule has 36 heavy (non-hydrogen) atoms. The summed E-state index contributed by atoms with van der Waals surface area (Å²) in [4.78, 5) is 32.1. The second-order valence-electron chi connectivity index (χ2n) is 9.31. The highest BCUT2D eigenvalue weighted by atomic mass is 32.2. The summed E-state index contributed by atoms with van der Waals surface area (Å²) >= 11 is 0. The molecule has 3 N–H and O–H groups in total. The van der Waals surface area contributed by atoms with Crippen LogP contribution in [0.1, 0.15) is 51.5 Å². The van der Waals surface area contributed by atoms with Crippen LogP contribution in [0.15, 0.2) is 36.4 Å². The maximum absolute atomic E-state index is 13.3. The third kappa shape index (κ3) is 10.4. The van der Waals surface area contributed by atoms with Crippen molar-refractivity contribution in [1.82, 2.24) is 15.3 Å². The number of allylic oxidation sites excluding steroid dienone is 1. The molecule has 2 amide bonds. The molecule has 1 aromatic rings. The predicted octanol–water partition coefficient (Wildman–Crippen LogP) is 2.23. The van der Waals surface area contributed by atoms with Gasteiger partial charge in [-0.3, -0.25) is 15.0 Å². The number of hydrogen-bond acceptors (Lipinski definition) is 7. The summed E-state index contributed by atoms with van der Waals surface area (Å²) in [5.41, 5.74) is 5.80. The van der Waals surface area contributed by atoms with E-state index in [0.717, 1.165) is 24.7 Å². The smallest absolute Gasteiger partial charge is 0.247 e. The number of aliphatic hydroxyl groups is 1. The number of benzene rings is 1. The van der Waals surface area contributed by atoms with Gasteiger partial charge in [0.1, 0.15) is 0 Å². The molecule has 0 saturated carbocycles. The average molecular weight is 526 g/mol. The van der Waals surface area contributed by atoms with E-state index < -0.39 is 46.6 Å². The molecule has 3 atom stereocenters. The largest absolute Gasteiger partial charge is 0.395 e. The van der Waals surface area contributed by atoms with Crippen LogP contribution in [-0.2, 0) is 29.2 Å². The van der Waals surface area contributed by atoms with Crippen molar-refractivity contribution < 1.29 is 32.7 Å². The Morgan fingerprint density at radius 1 is 1.19 bits per heavy atom. The molecule has 2 rings (SSSR count). The molecular formula is C25H39N3O7S. The number of hydrogen-bond donors (Lipinski definition) is 3. The van der Waals surface area contributed by atoms with E-state index >= 15 is 0 Å². The lowest BCUT2D eigenvalue weighted by Gasteiger charge is -2.29. The van der Waals surface area contributed by atoms with Gasteiger partial charge in [0.15, 0.2) is 6.29 Å². The predicted molar refractivity (Wildman–Crippen MR) is 136 cm³/mol. The number of carbonyl (C=O) groups is 2. The third-order valence-electron chi connectivity index (χ3n) is 5.75. The van der Waals surface area contributed by atoms with Crippen molar-refractivity contribution in [3.05, 3.63) is 42.0 Å². The number of nitrogens with zero attached hydrogens (tertiary/aromatic N) is 1. The zero-order valence-electron chi connectivity index (χ0n) is 21.3. The molecule has 0 bridgehead atoms. The standard InChI is InChI=1S/C25H39N3O7S/c1-19(2)18-22(24(30)26-28(15-16-29)36(3,32)33)21(13-9-12-20-10-5-4-6-11-20)25(31)27-35-23-14-7-8-17-34-23/h4-6,9-12,19,21-23,29H,7-8,13-18H2,1-3H3,(H,26,30)(H,27,31)/b12-9+/t21-,22+,23?/m0/s1. The molecule has 1 saturated heterocycles. The van der Waals surface area contributed by atoms with Gasteiger partial charge in [-0.05, 0) is 37.2 Å². The number of nitrogens with one attached hydrogen (secondary N) is 2. The van der Waals surface area contributed by atoms with E-state index in [9.17, 15) is 23.1 Å². The van der Waals surface area contributed by atoms with Gasteiger partial charge in [-0.25, -0.2) is 18.7 Å². The van der Waals surface area contributed by atoms with E-state index in [2.05, 4.69) is 10.9 Å². The highest BCUT2D eigenvalue weighted by molar-refractivity contribution is 7.88. The van der Waals surface area contributed by atoms with Gasteiger partial charge in [0.2, 0.25) is 21.8 Å². The Labute approximate surface area is 214 Å². The van der Waals surface area contributed by atoms with Gasteiger partial charge in [0.05, 0.1) is 31.2 Å². The molecular weight excluding hydrogens is 486 g/mol. The van der Waals surface area contributed by atoms with Gasteiger partial charge in [-0.15, -0.1) is 4.41 Å². The van der Waals surface area contributed by atoms with Gasteiger partial charge in [-0.2, -0.15) is 0 Å². The molecule has 202 valence electrons. The quantitative estimate of drug-likeness (QED) is 0.317. The summed E-state index contributed by atoms with van der Waals surface area (Å²) in [5.74, 6) is -2.77. The minimum atomic E-state index is -3.82. The Balaban J connectivity index is 2.26. The van der Waals surface area contributed by atoms with Crippen molar-refractivity contribution in [2.75, 3.05) is 26.0 Å². The first kappa shape index (κ1) is 29.9. The molecule has 11 heteroatoms. The van der Waals surface area contributed by atoms with Gasteiger partial charge < -0.3 is 9.84 Å². The second-order valence-corrected chi connectivity index (χ2v) is 11.2. The fourth-order valence-corrected chi connectivity index (χ4v) is 4.60.